The molecule has 0 radical (unpaired) electrons. The summed E-state index contributed by atoms with van der Waals surface area (Å²) in [5.74, 6) is 0. The maximum Gasteiger partial charge on any atom is 0.0542 e. The van der Waals surface area contributed by atoms with Crippen molar-refractivity contribution in [1.29, 1.82) is 0 Å². The summed E-state index contributed by atoms with van der Waals surface area (Å²) in [7, 11) is 0. The number of rotatable bonds is 2. The normalized spacial score (nSPS) is 12.1. The van der Waals surface area contributed by atoms with Gasteiger partial charge < -0.3 is 0 Å². The summed E-state index contributed by atoms with van der Waals surface area (Å²) >= 11 is 5.73. The van der Waals surface area contributed by atoms with Gasteiger partial charge in [0.2, 0.25) is 0 Å². The first kappa shape index (κ1) is 21.9. The Morgan fingerprint density at radius 3 is 1.62 bits per heavy atom. The van der Waals surface area contributed by atoms with Gasteiger partial charge in [-0.15, -0.1) is 34.0 Å². The van der Waals surface area contributed by atoms with Gasteiger partial charge in [0.25, 0.3) is 0 Å². The summed E-state index contributed by atoms with van der Waals surface area (Å²) in [5.41, 5.74) is 3.80. The summed E-state index contributed by atoms with van der Waals surface area (Å²) in [6.45, 7) is 0. The summed E-state index contributed by atoms with van der Waals surface area (Å²) < 4.78 is 6.93. The van der Waals surface area contributed by atoms with Crippen LogP contribution in [0.15, 0.2) is 121 Å². The Morgan fingerprint density at radius 2 is 0.897 bits per heavy atom. The fourth-order valence-electron chi connectivity index (χ4n) is 5.82. The largest absolute Gasteiger partial charge is 0.135 e. The molecule has 0 saturated carbocycles. The average Bonchev–Trinajstić information content (AvgIpc) is 3.66. The van der Waals surface area contributed by atoms with Crippen molar-refractivity contribution >= 4 is 95.2 Å². The Labute approximate surface area is 237 Å². The van der Waals surface area contributed by atoms with Crippen molar-refractivity contribution in [2.75, 3.05) is 0 Å². The quantitative estimate of drug-likeness (QED) is 0.201. The topological polar surface area (TPSA) is 0 Å². The lowest BCUT2D eigenvalue weighted by Gasteiger charge is -2.06. The zero-order valence-corrected chi connectivity index (χ0v) is 23.2. The molecule has 0 amide bonds. The molecule has 0 atom stereocenters. The minimum atomic E-state index is 1.26. The molecule has 0 N–H and O–H groups in total. The SMILES string of the molecule is c1ccc2cc3c(cc2c1)sc1c2cc4ccc(-c5ccc(-c6cc7ccccc7s6)cc5)cc4cc2sc31. The van der Waals surface area contributed by atoms with Crippen molar-refractivity contribution in [2.24, 2.45) is 0 Å². The molecule has 3 heterocycles. The van der Waals surface area contributed by atoms with Crippen molar-refractivity contribution in [3.8, 4) is 21.6 Å². The van der Waals surface area contributed by atoms with Crippen LogP contribution in [0.25, 0.3) is 82.8 Å². The lowest BCUT2D eigenvalue weighted by Crippen LogP contribution is -1.80. The highest BCUT2D eigenvalue weighted by molar-refractivity contribution is 7.36. The van der Waals surface area contributed by atoms with Gasteiger partial charge >= 0.3 is 0 Å². The molecule has 3 heteroatoms. The van der Waals surface area contributed by atoms with Gasteiger partial charge in [-0.25, -0.2) is 0 Å². The van der Waals surface area contributed by atoms with Crippen molar-refractivity contribution in [2.45, 2.75) is 0 Å². The van der Waals surface area contributed by atoms with E-state index in [9.17, 15) is 0 Å². The van der Waals surface area contributed by atoms with Crippen molar-refractivity contribution in [1.82, 2.24) is 0 Å². The molecule has 0 aliphatic carbocycles. The highest BCUT2D eigenvalue weighted by atomic mass is 32.1. The highest BCUT2D eigenvalue weighted by Gasteiger charge is 2.14. The molecule has 6 aromatic carbocycles. The molecule has 3 aromatic heterocycles. The molecule has 0 fully saturated rings. The summed E-state index contributed by atoms with van der Waals surface area (Å²) in [5, 5.41) is 9.32. The number of hydrogen-bond acceptors (Lipinski definition) is 3. The second-order valence-corrected chi connectivity index (χ2v) is 13.4. The standard InChI is InChI=1S/C36H20S3/c1-2-6-24-18-33-29(16-23(24)5-1)35-36(38-33)30-17-26-14-13-25(15-28(26)20-34(30)39-35)21-9-11-22(12-10-21)32-19-27-7-3-4-8-31(27)37-32/h1-20H. The van der Waals surface area contributed by atoms with Gasteiger partial charge in [-0.2, -0.15) is 0 Å². The summed E-state index contributed by atoms with van der Waals surface area (Å²) in [6.07, 6.45) is 0. The van der Waals surface area contributed by atoms with Gasteiger partial charge in [-0.1, -0.05) is 78.9 Å². The molecule has 182 valence electrons. The lowest BCUT2D eigenvalue weighted by molar-refractivity contribution is 1.65. The first-order valence-electron chi connectivity index (χ1n) is 13.1. The van der Waals surface area contributed by atoms with E-state index in [4.69, 9.17) is 0 Å². The first-order valence-corrected chi connectivity index (χ1v) is 15.5. The molecule has 0 aliphatic heterocycles. The van der Waals surface area contributed by atoms with Gasteiger partial charge in [0.1, 0.15) is 0 Å². The Kier molecular flexibility index (Phi) is 4.62. The van der Waals surface area contributed by atoms with Crippen molar-refractivity contribution in [3.63, 3.8) is 0 Å². The molecule has 9 aromatic rings. The first-order chi connectivity index (χ1) is 19.3. The molecule has 9 rings (SSSR count). The van der Waals surface area contributed by atoms with E-state index < -0.39 is 0 Å². The molecule has 0 saturated heterocycles. The number of hydrogen-bond donors (Lipinski definition) is 0. The van der Waals surface area contributed by atoms with Crippen LogP contribution in [0.3, 0.4) is 0 Å². The van der Waals surface area contributed by atoms with E-state index in [2.05, 4.69) is 121 Å². The van der Waals surface area contributed by atoms with E-state index >= 15 is 0 Å². The number of thiophene rings is 3. The minimum Gasteiger partial charge on any atom is -0.135 e. The number of fused-ring (bicyclic) bond motifs is 8. The number of benzene rings is 6. The van der Waals surface area contributed by atoms with Crippen LogP contribution in [-0.2, 0) is 0 Å². The van der Waals surface area contributed by atoms with Crippen LogP contribution in [0.4, 0.5) is 0 Å². The van der Waals surface area contributed by atoms with Crippen LogP contribution in [0.1, 0.15) is 0 Å². The van der Waals surface area contributed by atoms with E-state index in [-0.39, 0.29) is 0 Å². The van der Waals surface area contributed by atoms with Gasteiger partial charge in [0.15, 0.2) is 0 Å². The second kappa shape index (κ2) is 8.24. The maximum atomic E-state index is 2.40. The molecular weight excluding hydrogens is 529 g/mol. The van der Waals surface area contributed by atoms with Crippen LogP contribution < -0.4 is 0 Å². The molecule has 0 spiro atoms. The minimum absolute atomic E-state index is 1.26. The summed E-state index contributed by atoms with van der Waals surface area (Å²) in [4.78, 5) is 1.32. The van der Waals surface area contributed by atoms with Crippen LogP contribution in [0.2, 0.25) is 0 Å². The van der Waals surface area contributed by atoms with Gasteiger partial charge in [-0.3, -0.25) is 0 Å². The molecule has 0 nitrogen and oxygen atoms in total. The third kappa shape index (κ3) is 3.41. The van der Waals surface area contributed by atoms with Crippen LogP contribution in [0, 0.1) is 0 Å². The van der Waals surface area contributed by atoms with E-state index in [0.29, 0.717) is 0 Å². The van der Waals surface area contributed by atoms with Gasteiger partial charge in [0, 0.05) is 29.7 Å². The highest BCUT2D eigenvalue weighted by Crippen LogP contribution is 2.46. The molecule has 0 unspecified atom stereocenters. The predicted octanol–water partition coefficient (Wildman–Crippen LogP) is 12.1. The van der Waals surface area contributed by atoms with Crippen LogP contribution in [-0.4, -0.2) is 0 Å². The van der Waals surface area contributed by atoms with E-state index in [1.54, 1.807) is 0 Å². The van der Waals surface area contributed by atoms with Crippen LogP contribution in [0.5, 0.6) is 0 Å². The van der Waals surface area contributed by atoms with Gasteiger partial charge in [-0.05, 0) is 86.1 Å². The van der Waals surface area contributed by atoms with E-state index in [1.807, 2.05) is 34.0 Å². The Morgan fingerprint density at radius 1 is 0.333 bits per heavy atom. The monoisotopic (exact) mass is 548 g/mol. The molecular formula is C36H20S3. The summed E-state index contributed by atoms with van der Waals surface area (Å²) in [6, 6.07) is 45.1. The molecule has 0 bridgehead atoms. The van der Waals surface area contributed by atoms with E-state index in [0.717, 1.165) is 0 Å². The fourth-order valence-corrected chi connectivity index (χ4v) is 9.58. The zero-order chi connectivity index (χ0) is 25.5. The fraction of sp³-hybridized carbons (Fsp3) is 0. The molecule has 39 heavy (non-hydrogen) atoms. The molecule has 0 aliphatic rings. The second-order valence-electron chi connectivity index (χ2n) is 10.2. The van der Waals surface area contributed by atoms with Crippen molar-refractivity contribution < 1.29 is 0 Å². The third-order valence-electron chi connectivity index (χ3n) is 7.83. The predicted molar refractivity (Wildman–Crippen MR) is 176 cm³/mol. The Hall–Kier alpha value is -4.02. The zero-order valence-electron chi connectivity index (χ0n) is 20.8. The van der Waals surface area contributed by atoms with Crippen LogP contribution >= 0.6 is 34.0 Å². The van der Waals surface area contributed by atoms with E-state index in [1.165, 1.54) is 82.8 Å². The Bertz CT molecular complexity index is 2350. The maximum absolute atomic E-state index is 2.40. The lowest BCUT2D eigenvalue weighted by atomic mass is 9.99. The average molecular weight is 549 g/mol. The Balaban J connectivity index is 1.13. The smallest absolute Gasteiger partial charge is 0.0542 e. The van der Waals surface area contributed by atoms with Gasteiger partial charge in [0.05, 0.1) is 9.40 Å². The third-order valence-corrected chi connectivity index (χ3v) is 11.5. The van der Waals surface area contributed by atoms with Crippen molar-refractivity contribution in [3.05, 3.63) is 121 Å².